The number of amides is 1. The number of quaternary nitrogens is 1. The Labute approximate surface area is 157 Å². The van der Waals surface area contributed by atoms with E-state index < -0.39 is 5.41 Å². The van der Waals surface area contributed by atoms with Crippen LogP contribution in [-0.2, 0) is 10.2 Å². The average Bonchev–Trinajstić information content (AvgIpc) is 2.85. The Morgan fingerprint density at radius 2 is 1.64 bits per heavy atom. The number of carbonyl (C=O) groups excluding carboxylic acids is 1. The quantitative estimate of drug-likeness (QED) is 0.723. The molecule has 0 aliphatic carbocycles. The summed E-state index contributed by atoms with van der Waals surface area (Å²) in [7, 11) is 4.31. The standard InChI is InChI=1S/C21H26N2O.ClH/c1-4-21(17-11-6-5-7-12-17)18-13-8-9-14-19(18)23(20(21)24)16-10-15-22(2)3;/h5-9,11-14H,4,10,15-16H2,1-3H3;1H. The molecular weight excluding hydrogens is 332 g/mol. The predicted octanol–water partition coefficient (Wildman–Crippen LogP) is -0.732. The monoisotopic (exact) mass is 358 g/mol. The van der Waals surface area contributed by atoms with Gasteiger partial charge < -0.3 is 22.2 Å². The second kappa shape index (κ2) is 8.03. The van der Waals surface area contributed by atoms with E-state index in [0.717, 1.165) is 42.7 Å². The maximum Gasteiger partial charge on any atom is 0.242 e. The van der Waals surface area contributed by atoms with Crippen molar-refractivity contribution in [3.05, 3.63) is 65.7 Å². The first-order valence-corrected chi connectivity index (χ1v) is 8.87. The van der Waals surface area contributed by atoms with Crippen LogP contribution in [0.25, 0.3) is 0 Å². The van der Waals surface area contributed by atoms with Crippen molar-refractivity contribution in [1.82, 2.24) is 0 Å². The fourth-order valence-electron chi connectivity index (χ4n) is 3.89. The summed E-state index contributed by atoms with van der Waals surface area (Å²) < 4.78 is 0. The average molecular weight is 359 g/mol. The van der Waals surface area contributed by atoms with Gasteiger partial charge in [-0.1, -0.05) is 55.5 Å². The van der Waals surface area contributed by atoms with Crippen molar-refractivity contribution >= 4 is 11.6 Å². The van der Waals surface area contributed by atoms with Crippen LogP contribution >= 0.6 is 0 Å². The number of benzene rings is 2. The number of para-hydroxylation sites is 1. The van der Waals surface area contributed by atoms with Gasteiger partial charge in [0.05, 0.1) is 20.6 Å². The Hall–Kier alpha value is -1.84. The Balaban J connectivity index is 0.00000225. The van der Waals surface area contributed by atoms with E-state index in [-0.39, 0.29) is 18.3 Å². The molecule has 1 atom stereocenters. The zero-order valence-corrected chi connectivity index (χ0v) is 16.0. The highest BCUT2D eigenvalue weighted by molar-refractivity contribution is 6.10. The Kier molecular flexibility index (Phi) is 6.26. The second-order valence-electron chi connectivity index (χ2n) is 6.91. The maximum absolute atomic E-state index is 13.5. The number of halogens is 1. The van der Waals surface area contributed by atoms with Crippen LogP contribution in [0.2, 0.25) is 0 Å². The van der Waals surface area contributed by atoms with Gasteiger partial charge in [0, 0.05) is 18.7 Å². The normalized spacial score (nSPS) is 19.0. The summed E-state index contributed by atoms with van der Waals surface area (Å²) in [6, 6.07) is 18.5. The van der Waals surface area contributed by atoms with Crippen LogP contribution in [0.1, 0.15) is 30.9 Å². The third-order valence-corrected chi connectivity index (χ3v) is 5.12. The van der Waals surface area contributed by atoms with Crippen LogP contribution in [0.15, 0.2) is 54.6 Å². The molecule has 2 aromatic carbocycles. The number of nitrogens with zero attached hydrogens (tertiary/aromatic N) is 1. The van der Waals surface area contributed by atoms with Gasteiger partial charge in [-0.3, -0.25) is 4.79 Å². The molecule has 134 valence electrons. The number of rotatable bonds is 6. The van der Waals surface area contributed by atoms with Crippen molar-refractivity contribution < 1.29 is 22.1 Å². The topological polar surface area (TPSA) is 24.8 Å². The molecule has 1 heterocycles. The van der Waals surface area contributed by atoms with Crippen LogP contribution in [0.5, 0.6) is 0 Å². The van der Waals surface area contributed by atoms with Gasteiger partial charge in [0.25, 0.3) is 0 Å². The van der Waals surface area contributed by atoms with Gasteiger partial charge in [-0.05, 0) is 23.6 Å². The summed E-state index contributed by atoms with van der Waals surface area (Å²) >= 11 is 0. The molecule has 4 heteroatoms. The third kappa shape index (κ3) is 3.31. The van der Waals surface area contributed by atoms with Gasteiger partial charge >= 0.3 is 0 Å². The van der Waals surface area contributed by atoms with Crippen molar-refractivity contribution in [3.8, 4) is 0 Å². The molecule has 25 heavy (non-hydrogen) atoms. The fourth-order valence-corrected chi connectivity index (χ4v) is 3.89. The van der Waals surface area contributed by atoms with Crippen molar-refractivity contribution in [2.45, 2.75) is 25.2 Å². The maximum atomic E-state index is 13.5. The molecule has 0 bridgehead atoms. The number of nitrogens with one attached hydrogen (secondary N) is 1. The van der Waals surface area contributed by atoms with Gasteiger partial charge in [0.2, 0.25) is 5.91 Å². The third-order valence-electron chi connectivity index (χ3n) is 5.12. The molecule has 1 aliphatic heterocycles. The number of carbonyl (C=O) groups is 1. The molecule has 2 aromatic rings. The molecule has 1 N–H and O–H groups in total. The van der Waals surface area contributed by atoms with Crippen LogP contribution < -0.4 is 22.2 Å². The lowest BCUT2D eigenvalue weighted by atomic mass is 9.73. The first-order valence-electron chi connectivity index (χ1n) is 8.87. The number of hydrogen-bond acceptors (Lipinski definition) is 1. The summed E-state index contributed by atoms with van der Waals surface area (Å²) in [5.41, 5.74) is 2.80. The van der Waals surface area contributed by atoms with Gasteiger partial charge in [-0.15, -0.1) is 0 Å². The van der Waals surface area contributed by atoms with Crippen LogP contribution in [0, 0.1) is 0 Å². The largest absolute Gasteiger partial charge is 1.00 e. The fraction of sp³-hybridized carbons (Fsp3) is 0.381. The lowest BCUT2D eigenvalue weighted by Crippen LogP contribution is -3.05. The molecule has 0 fully saturated rings. The van der Waals surface area contributed by atoms with Crippen LogP contribution in [-0.4, -0.2) is 33.1 Å². The van der Waals surface area contributed by atoms with E-state index in [4.69, 9.17) is 0 Å². The smallest absolute Gasteiger partial charge is 0.242 e. The number of fused-ring (bicyclic) bond motifs is 1. The summed E-state index contributed by atoms with van der Waals surface area (Å²) in [5, 5.41) is 0. The highest BCUT2D eigenvalue weighted by Gasteiger charge is 2.50. The van der Waals surface area contributed by atoms with Crippen molar-refractivity contribution in [2.75, 3.05) is 32.1 Å². The highest BCUT2D eigenvalue weighted by atomic mass is 35.5. The minimum Gasteiger partial charge on any atom is -1.00 e. The molecule has 0 saturated carbocycles. The van der Waals surface area contributed by atoms with E-state index in [0.29, 0.717) is 0 Å². The molecule has 3 nitrogen and oxygen atoms in total. The van der Waals surface area contributed by atoms with Crippen LogP contribution in [0.4, 0.5) is 5.69 Å². The summed E-state index contributed by atoms with van der Waals surface area (Å²) in [4.78, 5) is 16.9. The molecule has 1 amide bonds. The number of anilines is 1. The van der Waals surface area contributed by atoms with Gasteiger partial charge in [0.1, 0.15) is 5.41 Å². The summed E-state index contributed by atoms with van der Waals surface area (Å²) in [6.07, 6.45) is 1.79. The first-order chi connectivity index (χ1) is 11.6. The van der Waals surface area contributed by atoms with E-state index in [1.54, 1.807) is 0 Å². The number of hydrogen-bond donors (Lipinski definition) is 1. The van der Waals surface area contributed by atoms with Gasteiger partial charge in [-0.25, -0.2) is 0 Å². The summed E-state index contributed by atoms with van der Waals surface area (Å²) in [6.45, 7) is 3.97. The molecule has 0 aromatic heterocycles. The molecule has 3 rings (SSSR count). The van der Waals surface area contributed by atoms with Gasteiger partial charge in [-0.2, -0.15) is 0 Å². The Morgan fingerprint density at radius 3 is 2.28 bits per heavy atom. The minimum absolute atomic E-state index is 0. The first kappa shape index (κ1) is 19.5. The van der Waals surface area contributed by atoms with E-state index in [2.05, 4.69) is 45.3 Å². The molecule has 0 spiro atoms. The Morgan fingerprint density at radius 1 is 1.00 bits per heavy atom. The SMILES string of the molecule is CCC1(c2ccccc2)C(=O)N(CCC[NH+](C)C)c2ccccc21.[Cl-]. The molecule has 1 aliphatic rings. The lowest BCUT2D eigenvalue weighted by Gasteiger charge is -2.28. The molecule has 1 unspecified atom stereocenters. The minimum atomic E-state index is -0.539. The van der Waals surface area contributed by atoms with Gasteiger partial charge in [0.15, 0.2) is 0 Å². The van der Waals surface area contributed by atoms with E-state index in [9.17, 15) is 4.79 Å². The molecule has 0 radical (unpaired) electrons. The second-order valence-corrected chi connectivity index (χ2v) is 6.91. The molecular formula is C21H27ClN2O. The summed E-state index contributed by atoms with van der Waals surface area (Å²) in [5.74, 6) is 0.228. The highest BCUT2D eigenvalue weighted by Crippen LogP contribution is 2.48. The van der Waals surface area contributed by atoms with Crippen molar-refractivity contribution in [2.24, 2.45) is 0 Å². The van der Waals surface area contributed by atoms with E-state index in [1.807, 2.05) is 35.2 Å². The van der Waals surface area contributed by atoms with Crippen molar-refractivity contribution in [3.63, 3.8) is 0 Å². The van der Waals surface area contributed by atoms with Crippen LogP contribution in [0.3, 0.4) is 0 Å². The van der Waals surface area contributed by atoms with Crippen molar-refractivity contribution in [1.29, 1.82) is 0 Å². The lowest BCUT2D eigenvalue weighted by molar-refractivity contribution is -0.858. The zero-order chi connectivity index (χ0) is 17.2. The van der Waals surface area contributed by atoms with E-state index >= 15 is 0 Å². The Bertz CT molecular complexity index is 717. The zero-order valence-electron chi connectivity index (χ0n) is 15.3. The van der Waals surface area contributed by atoms with E-state index in [1.165, 1.54) is 4.90 Å². The molecule has 0 saturated heterocycles. The predicted molar refractivity (Wildman–Crippen MR) is 98.6 cm³/mol.